The van der Waals surface area contributed by atoms with E-state index in [2.05, 4.69) is 54.6 Å². The molecule has 0 saturated carbocycles. The first-order valence-corrected chi connectivity index (χ1v) is 7.45. The van der Waals surface area contributed by atoms with Crippen LogP contribution in [0.3, 0.4) is 0 Å². The third-order valence-electron chi connectivity index (χ3n) is 3.62. The summed E-state index contributed by atoms with van der Waals surface area (Å²) in [6.07, 6.45) is 5.27. The predicted octanol–water partition coefficient (Wildman–Crippen LogP) is 2.88. The van der Waals surface area contributed by atoms with Gasteiger partial charge >= 0.3 is 0 Å². The Morgan fingerprint density at radius 2 is 1.95 bits per heavy atom. The first-order chi connectivity index (χ1) is 9.67. The summed E-state index contributed by atoms with van der Waals surface area (Å²) in [5.41, 5.74) is 3.91. The molecule has 0 aliphatic rings. The highest BCUT2D eigenvalue weighted by Crippen LogP contribution is 2.10. The van der Waals surface area contributed by atoms with Crippen LogP contribution >= 0.6 is 0 Å². The van der Waals surface area contributed by atoms with Crippen LogP contribution in [-0.4, -0.2) is 22.4 Å². The highest BCUT2D eigenvalue weighted by molar-refractivity contribution is 5.21. The van der Waals surface area contributed by atoms with Gasteiger partial charge in [-0.05, 0) is 37.9 Å². The first-order valence-electron chi connectivity index (χ1n) is 7.45. The molecule has 108 valence electrons. The minimum atomic E-state index is 0.496. The van der Waals surface area contributed by atoms with E-state index in [9.17, 15) is 0 Å². The molecule has 1 N–H and O–H groups in total. The lowest BCUT2D eigenvalue weighted by Gasteiger charge is -2.16. The van der Waals surface area contributed by atoms with Crippen LogP contribution in [0, 0.1) is 6.92 Å². The zero-order chi connectivity index (χ0) is 14.4. The average molecular weight is 271 g/mol. The van der Waals surface area contributed by atoms with Crippen molar-refractivity contribution in [1.82, 2.24) is 15.1 Å². The quantitative estimate of drug-likeness (QED) is 0.839. The number of hydrogen-bond donors (Lipinski definition) is 1. The van der Waals surface area contributed by atoms with Crippen LogP contribution < -0.4 is 5.32 Å². The SMILES string of the molecule is CCNC(CCc1ccc(C)cc1)Cc1ccn(C)n1. The molecule has 3 nitrogen and oxygen atoms in total. The molecule has 2 aromatic rings. The highest BCUT2D eigenvalue weighted by atomic mass is 15.2. The van der Waals surface area contributed by atoms with Crippen molar-refractivity contribution in [3.63, 3.8) is 0 Å². The number of likely N-dealkylation sites (N-methyl/N-ethyl adjacent to an activating group) is 1. The minimum Gasteiger partial charge on any atom is -0.314 e. The molecule has 3 heteroatoms. The lowest BCUT2D eigenvalue weighted by molar-refractivity contribution is 0.484. The van der Waals surface area contributed by atoms with Crippen LogP contribution in [0.25, 0.3) is 0 Å². The van der Waals surface area contributed by atoms with Gasteiger partial charge in [0, 0.05) is 25.7 Å². The van der Waals surface area contributed by atoms with E-state index >= 15 is 0 Å². The fraction of sp³-hybridized carbons (Fsp3) is 0.471. The highest BCUT2D eigenvalue weighted by Gasteiger charge is 2.10. The molecular weight excluding hydrogens is 246 g/mol. The molecule has 0 fully saturated rings. The molecule has 0 amide bonds. The Balaban J connectivity index is 1.90. The number of nitrogens with one attached hydrogen (secondary N) is 1. The van der Waals surface area contributed by atoms with Gasteiger partial charge in [0.05, 0.1) is 5.69 Å². The van der Waals surface area contributed by atoms with E-state index in [1.54, 1.807) is 0 Å². The van der Waals surface area contributed by atoms with Crippen molar-refractivity contribution in [2.45, 2.75) is 39.2 Å². The topological polar surface area (TPSA) is 29.9 Å². The van der Waals surface area contributed by atoms with Crippen LogP contribution in [0.5, 0.6) is 0 Å². The van der Waals surface area contributed by atoms with E-state index in [1.807, 2.05) is 17.9 Å². The van der Waals surface area contributed by atoms with Gasteiger partial charge in [0.1, 0.15) is 0 Å². The molecule has 1 unspecified atom stereocenters. The summed E-state index contributed by atoms with van der Waals surface area (Å²) in [6, 6.07) is 11.5. The van der Waals surface area contributed by atoms with Crippen LogP contribution in [0.15, 0.2) is 36.5 Å². The number of nitrogens with zero attached hydrogens (tertiary/aromatic N) is 2. The summed E-state index contributed by atoms with van der Waals surface area (Å²) < 4.78 is 1.87. The minimum absolute atomic E-state index is 0.496. The zero-order valence-corrected chi connectivity index (χ0v) is 12.8. The monoisotopic (exact) mass is 271 g/mol. The fourth-order valence-electron chi connectivity index (χ4n) is 2.49. The summed E-state index contributed by atoms with van der Waals surface area (Å²) in [4.78, 5) is 0. The van der Waals surface area contributed by atoms with Crippen LogP contribution in [0.2, 0.25) is 0 Å². The van der Waals surface area contributed by atoms with E-state index in [-0.39, 0.29) is 0 Å². The molecule has 0 aliphatic heterocycles. The van der Waals surface area contributed by atoms with Gasteiger partial charge in [-0.25, -0.2) is 0 Å². The smallest absolute Gasteiger partial charge is 0.0640 e. The lowest BCUT2D eigenvalue weighted by atomic mass is 10.0. The second kappa shape index (κ2) is 7.25. The van der Waals surface area contributed by atoms with Crippen molar-refractivity contribution in [2.75, 3.05) is 6.54 Å². The molecule has 1 heterocycles. The van der Waals surface area contributed by atoms with E-state index in [1.165, 1.54) is 16.8 Å². The Morgan fingerprint density at radius 3 is 2.55 bits per heavy atom. The molecule has 2 rings (SSSR count). The molecule has 0 saturated heterocycles. The van der Waals surface area contributed by atoms with Gasteiger partial charge in [0.2, 0.25) is 0 Å². The molecule has 1 atom stereocenters. The Bertz CT molecular complexity index is 513. The maximum absolute atomic E-state index is 4.48. The van der Waals surface area contributed by atoms with E-state index in [0.29, 0.717) is 6.04 Å². The molecule has 0 bridgehead atoms. The van der Waals surface area contributed by atoms with Gasteiger partial charge in [-0.1, -0.05) is 36.8 Å². The molecule has 20 heavy (non-hydrogen) atoms. The first kappa shape index (κ1) is 14.8. The van der Waals surface area contributed by atoms with Gasteiger partial charge < -0.3 is 5.32 Å². The summed E-state index contributed by atoms with van der Waals surface area (Å²) in [7, 11) is 1.97. The van der Waals surface area contributed by atoms with Crippen molar-refractivity contribution in [3.8, 4) is 0 Å². The van der Waals surface area contributed by atoms with Crippen molar-refractivity contribution < 1.29 is 0 Å². The van der Waals surface area contributed by atoms with Gasteiger partial charge in [-0.15, -0.1) is 0 Å². The summed E-state index contributed by atoms with van der Waals surface area (Å²) in [5, 5.41) is 8.05. The zero-order valence-electron chi connectivity index (χ0n) is 12.8. The number of benzene rings is 1. The molecule has 1 aromatic heterocycles. The van der Waals surface area contributed by atoms with Crippen molar-refractivity contribution >= 4 is 0 Å². The van der Waals surface area contributed by atoms with Crippen LogP contribution in [0.4, 0.5) is 0 Å². The fourth-order valence-corrected chi connectivity index (χ4v) is 2.49. The van der Waals surface area contributed by atoms with Crippen molar-refractivity contribution in [2.24, 2.45) is 7.05 Å². The second-order valence-electron chi connectivity index (χ2n) is 5.46. The Hall–Kier alpha value is -1.61. The number of aryl methyl sites for hydroxylation is 3. The number of rotatable bonds is 7. The second-order valence-corrected chi connectivity index (χ2v) is 5.46. The average Bonchev–Trinajstić information content (AvgIpc) is 2.83. The predicted molar refractivity (Wildman–Crippen MR) is 83.9 cm³/mol. The van der Waals surface area contributed by atoms with E-state index in [4.69, 9.17) is 0 Å². The molecular formula is C17H25N3. The van der Waals surface area contributed by atoms with Gasteiger partial charge in [0.15, 0.2) is 0 Å². The largest absolute Gasteiger partial charge is 0.314 e. The maximum Gasteiger partial charge on any atom is 0.0640 e. The van der Waals surface area contributed by atoms with Gasteiger partial charge in [0.25, 0.3) is 0 Å². The molecule has 0 radical (unpaired) electrons. The Morgan fingerprint density at radius 1 is 1.20 bits per heavy atom. The number of aromatic nitrogens is 2. The lowest BCUT2D eigenvalue weighted by Crippen LogP contribution is -2.31. The molecule has 0 spiro atoms. The van der Waals surface area contributed by atoms with Crippen LogP contribution in [0.1, 0.15) is 30.2 Å². The van der Waals surface area contributed by atoms with Gasteiger partial charge in [-0.2, -0.15) is 5.10 Å². The maximum atomic E-state index is 4.48. The third kappa shape index (κ3) is 4.49. The van der Waals surface area contributed by atoms with Crippen LogP contribution in [-0.2, 0) is 19.9 Å². The van der Waals surface area contributed by atoms with Gasteiger partial charge in [-0.3, -0.25) is 4.68 Å². The van der Waals surface area contributed by atoms with E-state index in [0.717, 1.165) is 25.8 Å². The summed E-state index contributed by atoms with van der Waals surface area (Å²) in [5.74, 6) is 0. The standard InChI is InChI=1S/C17H25N3/c1-4-18-16(13-17-11-12-20(3)19-17)10-9-15-7-5-14(2)6-8-15/h5-8,11-12,16,18H,4,9-10,13H2,1-3H3. The molecule has 1 aromatic carbocycles. The summed E-state index contributed by atoms with van der Waals surface area (Å²) >= 11 is 0. The Kier molecular flexibility index (Phi) is 5.36. The normalized spacial score (nSPS) is 12.6. The third-order valence-corrected chi connectivity index (χ3v) is 3.62. The van der Waals surface area contributed by atoms with Crippen molar-refractivity contribution in [3.05, 3.63) is 53.3 Å². The number of hydrogen-bond acceptors (Lipinski definition) is 2. The Labute approximate surface area is 122 Å². The van der Waals surface area contributed by atoms with E-state index < -0.39 is 0 Å². The molecule has 0 aliphatic carbocycles. The van der Waals surface area contributed by atoms with Crippen molar-refractivity contribution in [1.29, 1.82) is 0 Å². The summed E-state index contributed by atoms with van der Waals surface area (Å²) in [6.45, 7) is 5.30.